The molecule has 3 aromatic rings. The SMILES string of the molecule is CCN(CC1CCC(CC(=O)O)CC1)c1ccc(C(F)(F)F)cc1CN(c1ncc(OCCOC)cn1)[C@@H](C)c1cc(C(F)(F)F)cc(C(F)(F)F)c1. The summed E-state index contributed by atoms with van der Waals surface area (Å²) in [6.45, 7) is 3.81. The number of halogens is 9. The zero-order chi connectivity index (χ0) is 39.1. The summed E-state index contributed by atoms with van der Waals surface area (Å²) in [5.74, 6) is -0.766. The van der Waals surface area contributed by atoms with Crippen molar-refractivity contribution in [1.82, 2.24) is 9.97 Å². The molecule has 1 aliphatic rings. The quantitative estimate of drug-likeness (QED) is 0.121. The molecule has 292 valence electrons. The first kappa shape index (κ1) is 41.5. The first-order chi connectivity index (χ1) is 24.8. The summed E-state index contributed by atoms with van der Waals surface area (Å²) < 4.78 is 136. The number of rotatable bonds is 15. The zero-order valence-corrected chi connectivity index (χ0v) is 29.3. The van der Waals surface area contributed by atoms with Crippen LogP contribution >= 0.6 is 0 Å². The van der Waals surface area contributed by atoms with Crippen molar-refractivity contribution in [2.24, 2.45) is 11.8 Å². The van der Waals surface area contributed by atoms with Crippen molar-refractivity contribution in [2.75, 3.05) is 43.2 Å². The maximum Gasteiger partial charge on any atom is 0.416 e. The number of methoxy groups -OCH3 is 1. The lowest BCUT2D eigenvalue weighted by Crippen LogP contribution is -2.34. The van der Waals surface area contributed by atoms with Gasteiger partial charge in [0.15, 0.2) is 5.75 Å². The second kappa shape index (κ2) is 17.2. The van der Waals surface area contributed by atoms with Crippen LogP contribution in [-0.4, -0.2) is 54.5 Å². The van der Waals surface area contributed by atoms with E-state index in [9.17, 15) is 49.4 Å². The van der Waals surface area contributed by atoms with Crippen molar-refractivity contribution in [1.29, 1.82) is 0 Å². The van der Waals surface area contributed by atoms with Crippen molar-refractivity contribution in [2.45, 2.75) is 77.1 Å². The number of carboxylic acids is 1. The Balaban J connectivity index is 1.80. The summed E-state index contributed by atoms with van der Waals surface area (Å²) >= 11 is 0. The van der Waals surface area contributed by atoms with Gasteiger partial charge in [0.1, 0.15) is 6.61 Å². The number of aliphatic carboxylic acids is 1. The van der Waals surface area contributed by atoms with Crippen LogP contribution in [0.5, 0.6) is 5.75 Å². The highest BCUT2D eigenvalue weighted by molar-refractivity contribution is 5.67. The van der Waals surface area contributed by atoms with Gasteiger partial charge in [0.25, 0.3) is 0 Å². The molecule has 0 bridgehead atoms. The van der Waals surface area contributed by atoms with Gasteiger partial charge in [-0.2, -0.15) is 39.5 Å². The molecule has 1 aromatic heterocycles. The van der Waals surface area contributed by atoms with Gasteiger partial charge in [-0.25, -0.2) is 9.97 Å². The maximum atomic E-state index is 14.1. The van der Waals surface area contributed by atoms with E-state index >= 15 is 0 Å². The Bertz CT molecular complexity index is 1630. The Kier molecular flexibility index (Phi) is 13.5. The summed E-state index contributed by atoms with van der Waals surface area (Å²) in [5.41, 5.74) is -4.06. The molecule has 1 saturated carbocycles. The Labute approximate surface area is 300 Å². The summed E-state index contributed by atoms with van der Waals surface area (Å²) in [6, 6.07) is 2.96. The van der Waals surface area contributed by atoms with E-state index in [-0.39, 0.29) is 54.8 Å². The van der Waals surface area contributed by atoms with Crippen molar-refractivity contribution in [3.63, 3.8) is 0 Å². The number of anilines is 2. The number of alkyl halides is 9. The van der Waals surface area contributed by atoms with E-state index in [1.54, 1.807) is 0 Å². The van der Waals surface area contributed by atoms with Crippen LogP contribution in [0.1, 0.15) is 79.8 Å². The first-order valence-corrected chi connectivity index (χ1v) is 17.0. The fourth-order valence-corrected chi connectivity index (χ4v) is 6.51. The van der Waals surface area contributed by atoms with Gasteiger partial charge in [-0.05, 0) is 98.9 Å². The third-order valence-corrected chi connectivity index (χ3v) is 9.37. The second-order valence-electron chi connectivity index (χ2n) is 13.1. The van der Waals surface area contributed by atoms with Crippen LogP contribution < -0.4 is 14.5 Å². The largest absolute Gasteiger partial charge is 0.488 e. The van der Waals surface area contributed by atoms with Crippen LogP contribution in [0.4, 0.5) is 51.1 Å². The van der Waals surface area contributed by atoms with E-state index in [1.165, 1.54) is 37.4 Å². The summed E-state index contributed by atoms with van der Waals surface area (Å²) in [4.78, 5) is 22.8. The Morgan fingerprint density at radius 2 is 1.42 bits per heavy atom. The Hall–Kier alpha value is -4.28. The number of carboxylic acid groups (broad SMARTS) is 1. The number of carbonyl (C=O) groups is 1. The van der Waals surface area contributed by atoms with Gasteiger partial charge in [-0.15, -0.1) is 0 Å². The standard InChI is InChI=1S/C36H41F9N4O4/c1-4-48(20-24-7-5-23(6-8-24)13-32(50)51)31-10-9-27(34(37,38)39)16-26(31)21-49(33-46-18-30(19-47-33)53-12-11-52-3)22(2)25-14-28(35(40,41)42)17-29(15-25)36(43,44)45/h9-10,14-19,22-24H,4-8,11-13,20-21H2,1-3H3,(H,50,51)/t22-,23?,24?/m0/s1. The van der Waals surface area contributed by atoms with Crippen molar-refractivity contribution in [3.05, 3.63) is 76.6 Å². The third-order valence-electron chi connectivity index (χ3n) is 9.37. The minimum Gasteiger partial charge on any atom is -0.488 e. The van der Waals surface area contributed by atoms with Crippen LogP contribution in [0.25, 0.3) is 0 Å². The van der Waals surface area contributed by atoms with E-state index in [0.717, 1.165) is 12.1 Å². The summed E-state index contributed by atoms with van der Waals surface area (Å²) in [6.07, 6.45) is -9.76. The van der Waals surface area contributed by atoms with E-state index in [2.05, 4.69) is 9.97 Å². The molecular weight excluding hydrogens is 723 g/mol. The predicted molar refractivity (Wildman–Crippen MR) is 177 cm³/mol. The molecule has 0 unspecified atom stereocenters. The lowest BCUT2D eigenvalue weighted by molar-refractivity contribution is -0.143. The highest BCUT2D eigenvalue weighted by Crippen LogP contribution is 2.41. The topological polar surface area (TPSA) is 88.0 Å². The lowest BCUT2D eigenvalue weighted by Gasteiger charge is -2.36. The average molecular weight is 765 g/mol. The Morgan fingerprint density at radius 1 is 0.849 bits per heavy atom. The smallest absolute Gasteiger partial charge is 0.416 e. The molecule has 0 radical (unpaired) electrons. The monoisotopic (exact) mass is 764 g/mol. The van der Waals surface area contributed by atoms with Crippen LogP contribution in [0.2, 0.25) is 0 Å². The number of hydrogen-bond donors (Lipinski definition) is 1. The minimum atomic E-state index is -5.14. The molecule has 1 atom stereocenters. The fourth-order valence-electron chi connectivity index (χ4n) is 6.51. The molecule has 0 aliphatic heterocycles. The average Bonchev–Trinajstić information content (AvgIpc) is 3.09. The van der Waals surface area contributed by atoms with Crippen LogP contribution in [0.3, 0.4) is 0 Å². The number of nitrogens with zero attached hydrogens (tertiary/aromatic N) is 4. The molecule has 1 fully saturated rings. The normalized spacial score (nSPS) is 17.4. The molecule has 4 rings (SSSR count). The highest BCUT2D eigenvalue weighted by Gasteiger charge is 2.38. The molecule has 1 aliphatic carbocycles. The third kappa shape index (κ3) is 11.4. The number of aromatic nitrogens is 2. The van der Waals surface area contributed by atoms with Gasteiger partial charge in [0.2, 0.25) is 5.95 Å². The zero-order valence-electron chi connectivity index (χ0n) is 29.3. The maximum absolute atomic E-state index is 14.1. The molecule has 0 spiro atoms. The second-order valence-corrected chi connectivity index (χ2v) is 13.1. The van der Waals surface area contributed by atoms with Gasteiger partial charge in [-0.1, -0.05) is 0 Å². The molecule has 1 heterocycles. The number of benzene rings is 2. The Morgan fingerprint density at radius 3 is 1.92 bits per heavy atom. The molecule has 0 saturated heterocycles. The van der Waals surface area contributed by atoms with E-state index in [1.807, 2.05) is 11.8 Å². The van der Waals surface area contributed by atoms with Crippen molar-refractivity contribution in [3.8, 4) is 5.75 Å². The van der Waals surface area contributed by atoms with Gasteiger partial charge in [0.05, 0.1) is 41.7 Å². The summed E-state index contributed by atoms with van der Waals surface area (Å²) in [5, 5.41) is 9.18. The van der Waals surface area contributed by atoms with E-state index < -0.39 is 59.3 Å². The van der Waals surface area contributed by atoms with E-state index in [4.69, 9.17) is 9.47 Å². The lowest BCUT2D eigenvalue weighted by atomic mass is 9.80. The van der Waals surface area contributed by atoms with Gasteiger partial charge >= 0.3 is 24.5 Å². The molecule has 0 amide bonds. The molecule has 8 nitrogen and oxygen atoms in total. The van der Waals surface area contributed by atoms with E-state index in [0.29, 0.717) is 56.6 Å². The van der Waals surface area contributed by atoms with Crippen molar-refractivity contribution < 1.29 is 58.9 Å². The van der Waals surface area contributed by atoms with Crippen LogP contribution in [-0.2, 0) is 34.6 Å². The van der Waals surface area contributed by atoms with Gasteiger partial charge < -0.3 is 24.4 Å². The number of ether oxygens (including phenoxy) is 2. The minimum absolute atomic E-state index is 0.00236. The molecule has 1 N–H and O–H groups in total. The fraction of sp³-hybridized carbons (Fsp3) is 0.528. The van der Waals surface area contributed by atoms with Crippen molar-refractivity contribution >= 4 is 17.6 Å². The van der Waals surface area contributed by atoms with Crippen LogP contribution in [0.15, 0.2) is 48.8 Å². The molecular formula is C36H41F9N4O4. The predicted octanol–water partition coefficient (Wildman–Crippen LogP) is 9.43. The highest BCUT2D eigenvalue weighted by atomic mass is 19.4. The molecule has 2 aromatic carbocycles. The van der Waals surface area contributed by atoms with Gasteiger partial charge in [-0.3, -0.25) is 4.79 Å². The molecule has 53 heavy (non-hydrogen) atoms. The first-order valence-electron chi connectivity index (χ1n) is 17.0. The molecule has 17 heteroatoms. The number of hydrogen-bond acceptors (Lipinski definition) is 7. The summed E-state index contributed by atoms with van der Waals surface area (Å²) in [7, 11) is 1.45. The van der Waals surface area contributed by atoms with Crippen LogP contribution in [0, 0.1) is 11.8 Å². The van der Waals surface area contributed by atoms with Gasteiger partial charge in [0, 0.05) is 38.9 Å².